The fourth-order valence-electron chi connectivity index (χ4n) is 4.75. The number of phosphoric acid groups is 1. The average Bonchev–Trinajstić information content (AvgIpc) is 2.95. The van der Waals surface area contributed by atoms with Crippen LogP contribution in [0.3, 0.4) is 0 Å². The number of allylic oxidation sites excluding steroid dienone is 3. The molecule has 260 valence electrons. The lowest BCUT2D eigenvalue weighted by atomic mass is 10.1. The molecule has 0 fully saturated rings. The predicted octanol–water partition coefficient (Wildman–Crippen LogP) is 7.99. The van der Waals surface area contributed by atoms with E-state index in [1.54, 1.807) is 6.08 Å². The van der Waals surface area contributed by atoms with E-state index in [1.807, 2.05) is 27.2 Å². The third kappa shape index (κ3) is 29.7. The van der Waals surface area contributed by atoms with E-state index in [2.05, 4.69) is 31.3 Å². The Morgan fingerprint density at radius 2 is 1.27 bits per heavy atom. The van der Waals surface area contributed by atoms with Crippen LogP contribution in [0.15, 0.2) is 24.3 Å². The number of rotatable bonds is 31. The Kier molecular flexibility index (Phi) is 27.6. The lowest BCUT2D eigenvalue weighted by Gasteiger charge is -2.29. The zero-order valence-electron chi connectivity index (χ0n) is 29.1. The summed E-state index contributed by atoms with van der Waals surface area (Å²) in [5.41, 5.74) is 0. The van der Waals surface area contributed by atoms with E-state index < -0.39 is 26.6 Å². The van der Waals surface area contributed by atoms with Gasteiger partial charge in [-0.2, -0.15) is 0 Å². The number of hydrogen-bond donors (Lipinski definition) is 2. The van der Waals surface area contributed by atoms with Gasteiger partial charge < -0.3 is 28.8 Å². The number of phosphoric ester groups is 1. The van der Waals surface area contributed by atoms with Gasteiger partial charge in [0.2, 0.25) is 5.91 Å². The van der Waals surface area contributed by atoms with Gasteiger partial charge in [0.05, 0.1) is 39.9 Å². The highest BCUT2D eigenvalue weighted by molar-refractivity contribution is 7.45. The number of nitrogens with one attached hydrogen (secondary N) is 1. The number of aliphatic hydroxyl groups is 1. The number of amides is 1. The Labute approximate surface area is 271 Å². The molecule has 1 amide bonds. The zero-order valence-corrected chi connectivity index (χ0v) is 30.0. The number of carbonyl (C=O) groups excluding carboxylic acids is 1. The number of likely N-dealkylation sites (N-methyl/N-ethyl adjacent to an activating group) is 1. The molecule has 3 atom stereocenters. The normalized spacial score (nSPS) is 15.2. The van der Waals surface area contributed by atoms with Crippen LogP contribution in [0.2, 0.25) is 0 Å². The minimum atomic E-state index is -4.57. The zero-order chi connectivity index (χ0) is 32.9. The first-order valence-electron chi connectivity index (χ1n) is 17.7. The van der Waals surface area contributed by atoms with Crippen molar-refractivity contribution >= 4 is 13.7 Å². The van der Waals surface area contributed by atoms with Crippen molar-refractivity contribution in [3.63, 3.8) is 0 Å². The Morgan fingerprint density at radius 1 is 0.773 bits per heavy atom. The van der Waals surface area contributed by atoms with Crippen molar-refractivity contribution in [1.29, 1.82) is 0 Å². The Bertz CT molecular complexity index is 784. The van der Waals surface area contributed by atoms with Gasteiger partial charge in [-0.15, -0.1) is 0 Å². The molecule has 8 nitrogen and oxygen atoms in total. The third-order valence-electron chi connectivity index (χ3n) is 7.66. The second kappa shape index (κ2) is 28.2. The molecule has 9 heteroatoms. The minimum Gasteiger partial charge on any atom is -0.756 e. The molecule has 0 aliphatic heterocycles. The van der Waals surface area contributed by atoms with Gasteiger partial charge in [-0.3, -0.25) is 9.36 Å². The van der Waals surface area contributed by atoms with E-state index in [1.165, 1.54) is 70.6 Å². The second-order valence-corrected chi connectivity index (χ2v) is 14.6. The van der Waals surface area contributed by atoms with Gasteiger partial charge in [-0.25, -0.2) is 0 Å². The molecular weight excluding hydrogens is 575 g/mol. The SMILES string of the molecule is CCCCCCCCCCCCC/C=C/CC/C=C/C(O)C(COP(=O)([O-])OCC[N+](C)(C)C)NC(=O)CCCCCCC. The first-order chi connectivity index (χ1) is 21.0. The van der Waals surface area contributed by atoms with Crippen molar-refractivity contribution in [3.8, 4) is 0 Å². The van der Waals surface area contributed by atoms with Crippen molar-refractivity contribution in [2.45, 2.75) is 154 Å². The lowest BCUT2D eigenvalue weighted by Crippen LogP contribution is -2.45. The summed E-state index contributed by atoms with van der Waals surface area (Å²) >= 11 is 0. The van der Waals surface area contributed by atoms with Crippen molar-refractivity contribution in [3.05, 3.63) is 24.3 Å². The van der Waals surface area contributed by atoms with Gasteiger partial charge in [0, 0.05) is 6.42 Å². The van der Waals surface area contributed by atoms with E-state index in [4.69, 9.17) is 9.05 Å². The van der Waals surface area contributed by atoms with Crippen molar-refractivity contribution in [1.82, 2.24) is 5.32 Å². The average molecular weight is 645 g/mol. The molecular formula is C35H69N2O6P. The van der Waals surface area contributed by atoms with E-state index in [0.717, 1.165) is 51.4 Å². The molecule has 0 aromatic rings. The van der Waals surface area contributed by atoms with E-state index in [0.29, 0.717) is 17.4 Å². The lowest BCUT2D eigenvalue weighted by molar-refractivity contribution is -0.870. The first kappa shape index (κ1) is 43.0. The molecule has 0 heterocycles. The molecule has 0 aromatic heterocycles. The van der Waals surface area contributed by atoms with Crippen molar-refractivity contribution in [2.75, 3.05) is 40.9 Å². The molecule has 0 aliphatic carbocycles. The molecule has 0 saturated heterocycles. The van der Waals surface area contributed by atoms with Gasteiger partial charge >= 0.3 is 0 Å². The van der Waals surface area contributed by atoms with Crippen LogP contribution in [0.4, 0.5) is 0 Å². The fraction of sp³-hybridized carbons (Fsp3) is 0.857. The molecule has 3 unspecified atom stereocenters. The number of unbranched alkanes of at least 4 members (excludes halogenated alkanes) is 16. The summed E-state index contributed by atoms with van der Waals surface area (Å²) < 4.78 is 22.9. The summed E-state index contributed by atoms with van der Waals surface area (Å²) in [6.07, 6.45) is 29.8. The summed E-state index contributed by atoms with van der Waals surface area (Å²) in [6, 6.07) is -0.893. The van der Waals surface area contributed by atoms with Gasteiger partial charge in [-0.05, 0) is 32.1 Å². The molecule has 2 N–H and O–H groups in total. The van der Waals surface area contributed by atoms with E-state index in [9.17, 15) is 19.4 Å². The Hall–Kier alpha value is -1.02. The number of aliphatic hydroxyl groups excluding tert-OH is 1. The van der Waals surface area contributed by atoms with Crippen LogP contribution in [0.1, 0.15) is 142 Å². The van der Waals surface area contributed by atoms with E-state index >= 15 is 0 Å². The number of carbonyl (C=O) groups is 1. The van der Waals surface area contributed by atoms with Gasteiger partial charge in [0.1, 0.15) is 13.2 Å². The predicted molar refractivity (Wildman–Crippen MR) is 182 cm³/mol. The van der Waals surface area contributed by atoms with E-state index in [-0.39, 0.29) is 12.5 Å². The molecule has 0 spiro atoms. The molecule has 0 radical (unpaired) electrons. The van der Waals surface area contributed by atoms with Crippen LogP contribution >= 0.6 is 7.82 Å². The fourth-order valence-corrected chi connectivity index (χ4v) is 5.48. The van der Waals surface area contributed by atoms with Crippen LogP contribution in [0, 0.1) is 0 Å². The minimum absolute atomic E-state index is 0.00566. The highest BCUT2D eigenvalue weighted by Crippen LogP contribution is 2.38. The van der Waals surface area contributed by atoms with Gasteiger partial charge in [0.25, 0.3) is 7.82 Å². The van der Waals surface area contributed by atoms with Crippen LogP contribution in [-0.2, 0) is 18.4 Å². The molecule has 0 rings (SSSR count). The number of hydrogen-bond acceptors (Lipinski definition) is 6. The maximum Gasteiger partial charge on any atom is 0.268 e. The smallest absolute Gasteiger partial charge is 0.268 e. The monoisotopic (exact) mass is 644 g/mol. The topological polar surface area (TPSA) is 108 Å². The van der Waals surface area contributed by atoms with Crippen molar-refractivity contribution < 1.29 is 32.9 Å². The second-order valence-electron chi connectivity index (χ2n) is 13.2. The van der Waals surface area contributed by atoms with Crippen LogP contribution in [0.5, 0.6) is 0 Å². The first-order valence-corrected chi connectivity index (χ1v) is 19.2. The Balaban J connectivity index is 4.47. The summed E-state index contributed by atoms with van der Waals surface area (Å²) in [6.45, 7) is 4.50. The van der Waals surface area contributed by atoms with Crippen molar-refractivity contribution in [2.24, 2.45) is 0 Å². The maximum absolute atomic E-state index is 12.5. The molecule has 0 saturated carbocycles. The summed E-state index contributed by atoms with van der Waals surface area (Å²) in [5, 5.41) is 13.5. The van der Waals surface area contributed by atoms with Gasteiger partial charge in [-0.1, -0.05) is 128 Å². The molecule has 0 bridgehead atoms. The largest absolute Gasteiger partial charge is 0.756 e. The Morgan fingerprint density at radius 3 is 1.84 bits per heavy atom. The highest BCUT2D eigenvalue weighted by atomic mass is 31.2. The summed E-state index contributed by atoms with van der Waals surface area (Å²) in [4.78, 5) is 24.8. The van der Waals surface area contributed by atoms with Crippen LogP contribution < -0.4 is 10.2 Å². The molecule has 0 aliphatic rings. The summed E-state index contributed by atoms with van der Waals surface area (Å²) in [5.74, 6) is -0.223. The quantitative estimate of drug-likeness (QED) is 0.0343. The van der Waals surface area contributed by atoms with Crippen LogP contribution in [0.25, 0.3) is 0 Å². The maximum atomic E-state index is 12.5. The third-order valence-corrected chi connectivity index (χ3v) is 8.63. The summed E-state index contributed by atoms with van der Waals surface area (Å²) in [7, 11) is 1.24. The molecule has 44 heavy (non-hydrogen) atoms. The number of nitrogens with zero attached hydrogens (tertiary/aromatic N) is 1. The highest BCUT2D eigenvalue weighted by Gasteiger charge is 2.23. The van der Waals surface area contributed by atoms with Crippen LogP contribution in [-0.4, -0.2) is 68.5 Å². The van der Waals surface area contributed by atoms with Gasteiger partial charge in [0.15, 0.2) is 0 Å². The standard InChI is InChI=1S/C35H69N2O6P/c1-6-8-10-12-13-14-15-16-17-18-19-20-21-22-23-25-26-28-34(38)33(36-35(39)29-27-24-11-9-7-2)32-43-44(40,41)42-31-30-37(3,4)5/h21-22,26,28,33-34,38H,6-20,23-25,27,29-32H2,1-5H3,(H-,36,39,40,41)/b22-21+,28-26+. The number of quaternary nitrogens is 1. The molecule has 0 aromatic carbocycles.